The highest BCUT2D eigenvalue weighted by molar-refractivity contribution is 7.07. The third-order valence-electron chi connectivity index (χ3n) is 5.05. The smallest absolute Gasteiger partial charge is 0.119 e. The van der Waals surface area contributed by atoms with E-state index in [9.17, 15) is 0 Å². The van der Waals surface area contributed by atoms with Crippen LogP contribution in [0, 0.1) is 0 Å². The molecule has 1 aromatic carbocycles. The molecular weight excluding hydrogens is 320 g/mol. The number of rotatable bonds is 5. The monoisotopic (exact) mass is 344 g/mol. The Morgan fingerprint density at radius 1 is 1.33 bits per heavy atom. The Balaban J connectivity index is 1.32. The van der Waals surface area contributed by atoms with Crippen LogP contribution in [-0.4, -0.2) is 43.3 Å². The van der Waals surface area contributed by atoms with Gasteiger partial charge in [-0.1, -0.05) is 0 Å². The minimum Gasteiger partial charge on any atom is -0.497 e. The lowest BCUT2D eigenvalue weighted by atomic mass is 9.97. The number of nitrogens with zero attached hydrogens (tertiary/aromatic N) is 1. The van der Waals surface area contributed by atoms with Gasteiger partial charge in [0.2, 0.25) is 0 Å². The van der Waals surface area contributed by atoms with Crippen molar-refractivity contribution in [3.8, 4) is 5.75 Å². The van der Waals surface area contributed by atoms with E-state index in [4.69, 9.17) is 9.47 Å². The largest absolute Gasteiger partial charge is 0.497 e. The summed E-state index contributed by atoms with van der Waals surface area (Å²) in [6, 6.07) is 10.7. The Bertz CT molecular complexity index is 659. The fourth-order valence-corrected chi connectivity index (χ4v) is 4.51. The molecule has 0 amide bonds. The first-order valence-electron chi connectivity index (χ1n) is 8.53. The normalized spacial score (nSPS) is 27.0. The van der Waals surface area contributed by atoms with Gasteiger partial charge in [0.05, 0.1) is 25.4 Å². The summed E-state index contributed by atoms with van der Waals surface area (Å²) >= 11 is 1.77. The Kier molecular flexibility index (Phi) is 4.48. The van der Waals surface area contributed by atoms with Crippen LogP contribution in [0.1, 0.15) is 18.4 Å². The number of hydrogen-bond donors (Lipinski definition) is 1. The number of thiophene rings is 1. The summed E-state index contributed by atoms with van der Waals surface area (Å²) in [6.07, 6.45) is 2.22. The topological polar surface area (TPSA) is 33.7 Å². The van der Waals surface area contributed by atoms with Gasteiger partial charge in [-0.05, 0) is 53.1 Å². The van der Waals surface area contributed by atoms with E-state index >= 15 is 0 Å². The molecular formula is C19H24N2O2S. The van der Waals surface area contributed by atoms with Crippen molar-refractivity contribution >= 4 is 17.0 Å². The van der Waals surface area contributed by atoms with Gasteiger partial charge in [0.15, 0.2) is 0 Å². The summed E-state index contributed by atoms with van der Waals surface area (Å²) < 4.78 is 11.5. The molecule has 0 saturated carbocycles. The van der Waals surface area contributed by atoms with Crippen molar-refractivity contribution in [1.29, 1.82) is 0 Å². The van der Waals surface area contributed by atoms with Gasteiger partial charge < -0.3 is 14.8 Å². The second kappa shape index (κ2) is 6.75. The van der Waals surface area contributed by atoms with Crippen molar-refractivity contribution in [3.63, 3.8) is 0 Å². The average molecular weight is 344 g/mol. The lowest BCUT2D eigenvalue weighted by molar-refractivity contribution is 0.0120. The Morgan fingerprint density at radius 2 is 2.21 bits per heavy atom. The maximum atomic E-state index is 6.25. The summed E-state index contributed by atoms with van der Waals surface area (Å²) in [6.45, 7) is 4.01. The molecule has 0 bridgehead atoms. The van der Waals surface area contributed by atoms with Crippen LogP contribution in [0.5, 0.6) is 5.75 Å². The molecule has 24 heavy (non-hydrogen) atoms. The third kappa shape index (κ3) is 3.43. The summed E-state index contributed by atoms with van der Waals surface area (Å²) in [7, 11) is 1.69. The molecule has 4 rings (SSSR count). The number of ether oxygens (including phenoxy) is 2. The molecule has 1 N–H and O–H groups in total. The molecule has 128 valence electrons. The van der Waals surface area contributed by atoms with Crippen LogP contribution in [0.3, 0.4) is 0 Å². The third-order valence-corrected chi connectivity index (χ3v) is 5.78. The van der Waals surface area contributed by atoms with Gasteiger partial charge in [-0.3, -0.25) is 4.90 Å². The van der Waals surface area contributed by atoms with Gasteiger partial charge >= 0.3 is 0 Å². The van der Waals surface area contributed by atoms with Crippen molar-refractivity contribution < 1.29 is 9.47 Å². The number of nitrogens with one attached hydrogen (secondary N) is 1. The molecule has 2 saturated heterocycles. The molecule has 1 aromatic heterocycles. The van der Waals surface area contributed by atoms with Crippen molar-refractivity contribution in [2.75, 3.05) is 32.1 Å². The predicted octanol–water partition coefficient (Wildman–Crippen LogP) is 3.60. The Morgan fingerprint density at radius 3 is 2.96 bits per heavy atom. The molecule has 2 aliphatic rings. The number of anilines is 1. The summed E-state index contributed by atoms with van der Waals surface area (Å²) in [4.78, 5) is 2.53. The van der Waals surface area contributed by atoms with Gasteiger partial charge in [0.1, 0.15) is 5.75 Å². The maximum absolute atomic E-state index is 6.25. The number of benzene rings is 1. The van der Waals surface area contributed by atoms with Crippen LogP contribution in [0.2, 0.25) is 0 Å². The molecule has 5 heteroatoms. The molecule has 0 radical (unpaired) electrons. The molecule has 0 aliphatic carbocycles. The van der Waals surface area contributed by atoms with E-state index in [1.807, 2.05) is 12.1 Å². The van der Waals surface area contributed by atoms with E-state index in [1.165, 1.54) is 5.56 Å². The minimum absolute atomic E-state index is 0.0418. The maximum Gasteiger partial charge on any atom is 0.119 e. The number of methoxy groups -OCH3 is 1. The fraction of sp³-hybridized carbons (Fsp3) is 0.474. The molecule has 2 atom stereocenters. The molecule has 2 aliphatic heterocycles. The highest BCUT2D eigenvalue weighted by Gasteiger charge is 2.45. The molecule has 3 heterocycles. The quantitative estimate of drug-likeness (QED) is 0.898. The molecule has 4 nitrogen and oxygen atoms in total. The van der Waals surface area contributed by atoms with Crippen molar-refractivity contribution in [2.24, 2.45) is 0 Å². The van der Waals surface area contributed by atoms with Crippen LogP contribution < -0.4 is 10.1 Å². The van der Waals surface area contributed by atoms with E-state index < -0.39 is 0 Å². The zero-order valence-corrected chi connectivity index (χ0v) is 14.8. The van der Waals surface area contributed by atoms with E-state index in [0.29, 0.717) is 6.04 Å². The molecule has 1 spiro atoms. The van der Waals surface area contributed by atoms with Crippen LogP contribution in [0.25, 0.3) is 0 Å². The number of likely N-dealkylation sites (tertiary alicyclic amines) is 1. The summed E-state index contributed by atoms with van der Waals surface area (Å²) in [5.41, 5.74) is 2.60. The van der Waals surface area contributed by atoms with Gasteiger partial charge in [0, 0.05) is 31.7 Å². The lowest BCUT2D eigenvalue weighted by Crippen LogP contribution is -2.33. The van der Waals surface area contributed by atoms with Crippen LogP contribution in [0.15, 0.2) is 41.1 Å². The van der Waals surface area contributed by atoms with Crippen molar-refractivity contribution in [3.05, 3.63) is 46.7 Å². The second-order valence-electron chi connectivity index (χ2n) is 6.86. The molecule has 2 fully saturated rings. The zero-order chi connectivity index (χ0) is 16.4. The van der Waals surface area contributed by atoms with Gasteiger partial charge in [-0.2, -0.15) is 11.3 Å². The lowest BCUT2D eigenvalue weighted by Gasteiger charge is -2.23. The summed E-state index contributed by atoms with van der Waals surface area (Å²) in [5.74, 6) is 0.888. The highest BCUT2D eigenvalue weighted by atomic mass is 32.1. The second-order valence-corrected chi connectivity index (χ2v) is 7.64. The van der Waals surface area contributed by atoms with Gasteiger partial charge in [-0.15, -0.1) is 0 Å². The van der Waals surface area contributed by atoms with E-state index in [-0.39, 0.29) is 5.60 Å². The van der Waals surface area contributed by atoms with Gasteiger partial charge in [-0.25, -0.2) is 0 Å². The average Bonchev–Trinajstić information content (AvgIpc) is 3.33. The molecule has 0 unspecified atom stereocenters. The van der Waals surface area contributed by atoms with Gasteiger partial charge in [0.25, 0.3) is 0 Å². The minimum atomic E-state index is 0.0418. The highest BCUT2D eigenvalue weighted by Crippen LogP contribution is 2.36. The molecule has 2 aromatic rings. The van der Waals surface area contributed by atoms with Crippen LogP contribution >= 0.6 is 11.3 Å². The van der Waals surface area contributed by atoms with E-state index in [2.05, 4.69) is 39.2 Å². The van der Waals surface area contributed by atoms with Crippen LogP contribution in [-0.2, 0) is 11.3 Å². The first-order valence-corrected chi connectivity index (χ1v) is 9.47. The van der Waals surface area contributed by atoms with Crippen molar-refractivity contribution in [2.45, 2.75) is 31.0 Å². The van der Waals surface area contributed by atoms with E-state index in [1.54, 1.807) is 18.4 Å². The zero-order valence-electron chi connectivity index (χ0n) is 14.0. The predicted molar refractivity (Wildman–Crippen MR) is 97.9 cm³/mol. The first-order chi connectivity index (χ1) is 11.7. The first kappa shape index (κ1) is 15.9. The fourth-order valence-electron chi connectivity index (χ4n) is 3.85. The van der Waals surface area contributed by atoms with E-state index in [0.717, 1.165) is 50.5 Å². The van der Waals surface area contributed by atoms with Crippen LogP contribution in [0.4, 0.5) is 5.69 Å². The summed E-state index contributed by atoms with van der Waals surface area (Å²) in [5, 5.41) is 8.01. The Hall–Kier alpha value is -1.56. The number of hydrogen-bond acceptors (Lipinski definition) is 5. The Labute approximate surface area is 147 Å². The SMILES string of the molecule is COc1ccc(N[C@@H]2CO[C@@]3(CCN(Cc4ccsc4)C3)C2)cc1. The standard InChI is InChI=1S/C19H24N2O2S/c1-22-18-4-2-16(3-5-18)20-17-10-19(23-12-17)7-8-21(14-19)11-15-6-9-24-13-15/h2-6,9,13,17,20H,7-8,10-12,14H2,1H3/t17-,19-/m0/s1. The van der Waals surface area contributed by atoms with Crippen molar-refractivity contribution in [1.82, 2.24) is 4.90 Å².